The number of amides is 1. The lowest BCUT2D eigenvalue weighted by atomic mass is 9.95. The Balaban J connectivity index is 1.82. The Hall–Kier alpha value is -2.63. The van der Waals surface area contributed by atoms with E-state index in [4.69, 9.17) is 5.73 Å². The third-order valence-electron chi connectivity index (χ3n) is 4.40. The van der Waals surface area contributed by atoms with E-state index < -0.39 is 12.1 Å². The number of carbonyl (C=O) groups is 1. The van der Waals surface area contributed by atoms with Crippen LogP contribution in [0.2, 0.25) is 0 Å². The normalized spacial score (nSPS) is 13.9. The van der Waals surface area contributed by atoms with E-state index in [1.165, 1.54) is 0 Å². The van der Waals surface area contributed by atoms with E-state index in [9.17, 15) is 9.90 Å². The molecule has 1 amide bonds. The summed E-state index contributed by atoms with van der Waals surface area (Å²) in [7, 11) is 0. The van der Waals surface area contributed by atoms with Gasteiger partial charge in [-0.2, -0.15) is 0 Å². The van der Waals surface area contributed by atoms with Gasteiger partial charge in [0.2, 0.25) is 5.91 Å². The minimum Gasteiger partial charge on any atom is -0.373 e. The third kappa shape index (κ3) is 3.73. The van der Waals surface area contributed by atoms with Crippen LogP contribution in [-0.4, -0.2) is 16.0 Å². The van der Waals surface area contributed by atoms with Crippen LogP contribution in [0.4, 0.5) is 0 Å². The third-order valence-corrected chi connectivity index (χ3v) is 4.40. The maximum absolute atomic E-state index is 11.2. The van der Waals surface area contributed by atoms with E-state index in [2.05, 4.69) is 24.1 Å². The average molecular weight is 337 g/mol. The molecule has 0 radical (unpaired) electrons. The van der Waals surface area contributed by atoms with Crippen LogP contribution < -0.4 is 11.1 Å². The van der Waals surface area contributed by atoms with Crippen LogP contribution in [0.1, 0.15) is 47.7 Å². The number of nitrogens with two attached hydrogens (primary N) is 1. The summed E-state index contributed by atoms with van der Waals surface area (Å²) in [6.07, 6.45) is -0.824. The number of hydrogen-bond acceptors (Lipinski definition) is 3. The summed E-state index contributed by atoms with van der Waals surface area (Å²) >= 11 is 0. The number of nitrogens with one attached hydrogen (secondary N) is 2. The Morgan fingerprint density at radius 1 is 1.12 bits per heavy atom. The minimum atomic E-state index is -0.824. The van der Waals surface area contributed by atoms with E-state index in [0.717, 1.165) is 22.2 Å². The predicted octanol–water partition coefficient (Wildman–Crippen LogP) is 3.24. The van der Waals surface area contributed by atoms with Crippen LogP contribution >= 0.6 is 0 Å². The molecule has 5 heteroatoms. The van der Waals surface area contributed by atoms with Crippen molar-refractivity contribution >= 4 is 16.8 Å². The highest BCUT2D eigenvalue weighted by Gasteiger charge is 2.21. The number of H-pyrrole nitrogens is 1. The van der Waals surface area contributed by atoms with Crippen LogP contribution in [0.3, 0.4) is 0 Å². The molecule has 5 N–H and O–H groups in total. The number of aromatic amines is 1. The lowest BCUT2D eigenvalue weighted by Gasteiger charge is -2.26. The lowest BCUT2D eigenvalue weighted by molar-refractivity contribution is 0.0999. The van der Waals surface area contributed by atoms with Crippen molar-refractivity contribution in [3.05, 3.63) is 71.4 Å². The van der Waals surface area contributed by atoms with Gasteiger partial charge in [-0.05, 0) is 41.1 Å². The molecule has 1 aromatic heterocycles. The molecule has 3 rings (SSSR count). The van der Waals surface area contributed by atoms with E-state index >= 15 is 0 Å². The molecule has 130 valence electrons. The fraction of sp³-hybridized carbons (Fsp3) is 0.250. The molecule has 0 bridgehead atoms. The number of para-hydroxylation sites is 1. The fourth-order valence-corrected chi connectivity index (χ4v) is 3.03. The highest BCUT2D eigenvalue weighted by atomic mass is 16.3. The van der Waals surface area contributed by atoms with Crippen molar-refractivity contribution < 1.29 is 9.90 Å². The molecule has 2 atom stereocenters. The zero-order chi connectivity index (χ0) is 18.0. The molecule has 0 aliphatic carbocycles. The fourth-order valence-electron chi connectivity index (χ4n) is 3.03. The SMILES string of the molecule is CC(C)C(NC(O)c1cc2ccccc2[nH]1)c1ccc(C(N)=O)cc1. The number of aliphatic hydroxyl groups is 1. The van der Waals surface area contributed by atoms with Gasteiger partial charge in [-0.15, -0.1) is 0 Å². The number of carbonyl (C=O) groups excluding carboxylic acids is 1. The van der Waals surface area contributed by atoms with Gasteiger partial charge < -0.3 is 15.8 Å². The topological polar surface area (TPSA) is 91.1 Å². The molecule has 3 aromatic rings. The van der Waals surface area contributed by atoms with Crippen LogP contribution in [0.5, 0.6) is 0 Å². The van der Waals surface area contributed by atoms with Crippen molar-refractivity contribution in [2.45, 2.75) is 26.1 Å². The van der Waals surface area contributed by atoms with Crippen molar-refractivity contribution in [2.24, 2.45) is 11.7 Å². The highest BCUT2D eigenvalue weighted by Crippen LogP contribution is 2.26. The van der Waals surface area contributed by atoms with Crippen molar-refractivity contribution in [1.82, 2.24) is 10.3 Å². The van der Waals surface area contributed by atoms with Gasteiger partial charge in [-0.1, -0.05) is 44.2 Å². The standard InChI is InChI=1S/C20H23N3O2/c1-12(2)18(13-7-9-14(10-8-13)19(21)24)23-20(25)17-11-15-5-3-4-6-16(15)22-17/h3-12,18,20,22-23,25H,1-2H3,(H2,21,24). The number of aliphatic hydroxyl groups excluding tert-OH is 1. The second-order valence-corrected chi connectivity index (χ2v) is 6.59. The molecule has 0 spiro atoms. The number of hydrogen-bond donors (Lipinski definition) is 4. The number of fused-ring (bicyclic) bond motifs is 1. The van der Waals surface area contributed by atoms with Crippen LogP contribution in [0.15, 0.2) is 54.6 Å². The van der Waals surface area contributed by atoms with Gasteiger partial charge in [0, 0.05) is 17.1 Å². The van der Waals surface area contributed by atoms with Gasteiger partial charge in [-0.25, -0.2) is 0 Å². The highest BCUT2D eigenvalue weighted by molar-refractivity contribution is 5.92. The Bertz CT molecular complexity index is 835. The summed E-state index contributed by atoms with van der Waals surface area (Å²) < 4.78 is 0. The smallest absolute Gasteiger partial charge is 0.248 e. The van der Waals surface area contributed by atoms with Crippen molar-refractivity contribution in [1.29, 1.82) is 0 Å². The van der Waals surface area contributed by atoms with Gasteiger partial charge >= 0.3 is 0 Å². The first kappa shape index (κ1) is 17.2. The minimum absolute atomic E-state index is 0.0664. The van der Waals surface area contributed by atoms with Gasteiger partial charge in [0.05, 0.1) is 5.69 Å². The summed E-state index contributed by atoms with van der Waals surface area (Å²) in [6, 6.07) is 17.0. The Morgan fingerprint density at radius 2 is 1.80 bits per heavy atom. The number of aromatic nitrogens is 1. The van der Waals surface area contributed by atoms with Gasteiger partial charge in [0.1, 0.15) is 6.23 Å². The van der Waals surface area contributed by atoms with Crippen molar-refractivity contribution in [2.75, 3.05) is 0 Å². The molecule has 5 nitrogen and oxygen atoms in total. The maximum Gasteiger partial charge on any atom is 0.248 e. The maximum atomic E-state index is 11.2. The Morgan fingerprint density at radius 3 is 2.40 bits per heavy atom. The molecule has 0 saturated heterocycles. The van der Waals surface area contributed by atoms with E-state index in [0.29, 0.717) is 5.56 Å². The lowest BCUT2D eigenvalue weighted by Crippen LogP contribution is -2.30. The van der Waals surface area contributed by atoms with Crippen molar-refractivity contribution in [3.63, 3.8) is 0 Å². The summed E-state index contributed by atoms with van der Waals surface area (Å²) in [4.78, 5) is 14.5. The molecule has 0 fully saturated rings. The number of rotatable bonds is 6. The number of benzene rings is 2. The monoisotopic (exact) mass is 337 g/mol. The van der Waals surface area contributed by atoms with E-state index in [-0.39, 0.29) is 12.0 Å². The number of primary amides is 1. The quantitative estimate of drug-likeness (QED) is 0.520. The first-order chi connectivity index (χ1) is 12.0. The molecule has 1 heterocycles. The molecular weight excluding hydrogens is 314 g/mol. The molecule has 2 aromatic carbocycles. The second-order valence-electron chi connectivity index (χ2n) is 6.59. The molecule has 0 aliphatic heterocycles. The first-order valence-corrected chi connectivity index (χ1v) is 8.37. The van der Waals surface area contributed by atoms with Gasteiger partial charge in [0.25, 0.3) is 0 Å². The Kier molecular flexibility index (Phi) is 4.88. The summed E-state index contributed by atoms with van der Waals surface area (Å²) in [5, 5.41) is 15.0. The largest absolute Gasteiger partial charge is 0.373 e. The first-order valence-electron chi connectivity index (χ1n) is 8.37. The Labute approximate surface area is 146 Å². The van der Waals surface area contributed by atoms with E-state index in [1.54, 1.807) is 12.1 Å². The zero-order valence-electron chi connectivity index (χ0n) is 14.4. The van der Waals surface area contributed by atoms with Crippen molar-refractivity contribution in [3.8, 4) is 0 Å². The van der Waals surface area contributed by atoms with E-state index in [1.807, 2.05) is 42.5 Å². The molecule has 2 unspecified atom stereocenters. The average Bonchev–Trinajstić information content (AvgIpc) is 3.03. The second kappa shape index (κ2) is 7.09. The van der Waals surface area contributed by atoms with Crippen LogP contribution in [-0.2, 0) is 0 Å². The van der Waals surface area contributed by atoms with Gasteiger partial charge in [-0.3, -0.25) is 10.1 Å². The summed E-state index contributed by atoms with van der Waals surface area (Å²) in [6.45, 7) is 4.16. The summed E-state index contributed by atoms with van der Waals surface area (Å²) in [5.41, 5.74) is 8.48. The van der Waals surface area contributed by atoms with Crippen LogP contribution in [0.25, 0.3) is 10.9 Å². The van der Waals surface area contributed by atoms with Crippen LogP contribution in [0, 0.1) is 5.92 Å². The molecular formula is C20H23N3O2. The summed E-state index contributed by atoms with van der Waals surface area (Å²) in [5.74, 6) is -0.197. The molecule has 0 saturated carbocycles. The molecule has 25 heavy (non-hydrogen) atoms. The predicted molar refractivity (Wildman–Crippen MR) is 98.9 cm³/mol. The zero-order valence-corrected chi connectivity index (χ0v) is 14.4. The van der Waals surface area contributed by atoms with Gasteiger partial charge in [0.15, 0.2) is 0 Å². The molecule has 0 aliphatic rings.